The minimum Gasteiger partial charge on any atom is -0.490 e. The maximum atomic E-state index is 12.2. The fourth-order valence-corrected chi connectivity index (χ4v) is 2.54. The van der Waals surface area contributed by atoms with Crippen LogP contribution in [0.1, 0.15) is 32.8 Å². The lowest BCUT2D eigenvalue weighted by Crippen LogP contribution is -2.42. The largest absolute Gasteiger partial charge is 0.490 e. The molecular weight excluding hydrogens is 376 g/mol. The number of nitro benzene ring substituents is 1. The van der Waals surface area contributed by atoms with Crippen LogP contribution in [0.3, 0.4) is 0 Å². The maximum absolute atomic E-state index is 12.2. The van der Waals surface area contributed by atoms with E-state index in [4.69, 9.17) is 27.8 Å². The van der Waals surface area contributed by atoms with Gasteiger partial charge < -0.3 is 21.1 Å². The van der Waals surface area contributed by atoms with Crippen molar-refractivity contribution in [3.05, 3.63) is 27.8 Å². The number of anilines is 1. The van der Waals surface area contributed by atoms with E-state index >= 15 is 0 Å². The van der Waals surface area contributed by atoms with E-state index in [2.05, 4.69) is 0 Å². The molecule has 1 aliphatic heterocycles. The van der Waals surface area contributed by atoms with Crippen molar-refractivity contribution in [2.75, 3.05) is 18.6 Å². The van der Waals surface area contributed by atoms with Crippen molar-refractivity contribution in [3.63, 3.8) is 0 Å². The number of nitrogens with zero attached hydrogens (tertiary/aromatic N) is 2. The van der Waals surface area contributed by atoms with Gasteiger partial charge in [-0.2, -0.15) is 0 Å². The van der Waals surface area contributed by atoms with Crippen molar-refractivity contribution >= 4 is 34.1 Å². The molecule has 150 valence electrons. The van der Waals surface area contributed by atoms with Gasteiger partial charge in [-0.05, 0) is 51.3 Å². The Balaban J connectivity index is 0.000000445. The van der Waals surface area contributed by atoms with Crippen LogP contribution in [0, 0.1) is 10.1 Å². The van der Waals surface area contributed by atoms with Gasteiger partial charge in [0.25, 0.3) is 0 Å². The molecule has 10 heteroatoms. The normalized spacial score (nSPS) is 16.6. The van der Waals surface area contributed by atoms with Gasteiger partial charge in [0, 0.05) is 18.2 Å². The molecule has 1 unspecified atom stereocenters. The van der Waals surface area contributed by atoms with Crippen molar-refractivity contribution in [1.82, 2.24) is 0 Å². The second-order valence-electron chi connectivity index (χ2n) is 6.60. The van der Waals surface area contributed by atoms with Gasteiger partial charge in [-0.25, -0.2) is 0 Å². The molecule has 27 heavy (non-hydrogen) atoms. The van der Waals surface area contributed by atoms with Gasteiger partial charge in [-0.15, -0.1) is 0 Å². The number of nitro groups is 1. The predicted octanol–water partition coefficient (Wildman–Crippen LogP) is 1.72. The van der Waals surface area contributed by atoms with Crippen LogP contribution in [-0.2, 0) is 16.0 Å². The quantitative estimate of drug-likeness (QED) is 0.445. The Morgan fingerprint density at radius 3 is 2.44 bits per heavy atom. The Bertz CT molecular complexity index is 733. The average Bonchev–Trinajstić information content (AvgIpc) is 2.70. The molecule has 9 nitrogen and oxygen atoms in total. The van der Waals surface area contributed by atoms with Crippen molar-refractivity contribution in [2.45, 2.75) is 45.2 Å². The summed E-state index contributed by atoms with van der Waals surface area (Å²) in [7, 11) is 1.39. The van der Waals surface area contributed by atoms with Crippen LogP contribution in [0.4, 0.5) is 11.4 Å². The van der Waals surface area contributed by atoms with Crippen molar-refractivity contribution in [2.24, 2.45) is 11.5 Å². The monoisotopic (exact) mass is 400 g/mol. The first-order valence-electron chi connectivity index (χ1n) is 8.35. The molecule has 0 bridgehead atoms. The first-order valence-corrected chi connectivity index (χ1v) is 8.73. The number of halogens is 1. The summed E-state index contributed by atoms with van der Waals surface area (Å²) in [5.74, 6) is 0.0509. The highest BCUT2D eigenvalue weighted by molar-refractivity contribution is 6.65. The van der Waals surface area contributed by atoms with Crippen LogP contribution in [0.5, 0.6) is 5.75 Å². The Morgan fingerprint density at radius 1 is 1.48 bits per heavy atom. The second kappa shape index (κ2) is 9.12. The van der Waals surface area contributed by atoms with E-state index in [-0.39, 0.29) is 17.3 Å². The lowest BCUT2D eigenvalue weighted by atomic mass is 10.0. The van der Waals surface area contributed by atoms with Crippen molar-refractivity contribution < 1.29 is 19.2 Å². The molecule has 0 aromatic heterocycles. The van der Waals surface area contributed by atoms with E-state index < -0.39 is 21.7 Å². The maximum Gasteiger partial charge on any atom is 0.311 e. The predicted molar refractivity (Wildman–Crippen MR) is 103 cm³/mol. The van der Waals surface area contributed by atoms with Crippen LogP contribution in [0.2, 0.25) is 0 Å². The Labute approximate surface area is 162 Å². The number of hydrogen-bond acceptors (Lipinski definition) is 7. The van der Waals surface area contributed by atoms with Gasteiger partial charge in [0.15, 0.2) is 0 Å². The van der Waals surface area contributed by atoms with E-state index in [1.165, 1.54) is 13.2 Å². The molecule has 0 fully saturated rings. The van der Waals surface area contributed by atoms with Crippen LogP contribution in [0.25, 0.3) is 0 Å². The fourth-order valence-electron chi connectivity index (χ4n) is 2.54. The standard InChI is InChI=1S/C13H17N3O4.C4H8ClNO/c1-3-15-10-6-7-11(16(18)19)12(20-2)8(10)4-5-9(14)13(15)17;1-4(2,6)3(5)7/h6-7,9H,3-5,14H2,1-2H3;6H2,1-2H3. The van der Waals surface area contributed by atoms with E-state index in [1.807, 2.05) is 6.92 Å². The molecule has 0 spiro atoms. The summed E-state index contributed by atoms with van der Waals surface area (Å²) in [6, 6.07) is 2.37. The topological polar surface area (TPSA) is 142 Å². The third-order valence-electron chi connectivity index (χ3n) is 4.02. The van der Waals surface area contributed by atoms with Crippen LogP contribution in [-0.4, -0.2) is 41.3 Å². The van der Waals surface area contributed by atoms with Gasteiger partial charge >= 0.3 is 5.69 Å². The summed E-state index contributed by atoms with van der Waals surface area (Å²) in [4.78, 5) is 34.4. The van der Waals surface area contributed by atoms with Crippen molar-refractivity contribution in [3.8, 4) is 5.75 Å². The highest BCUT2D eigenvalue weighted by Gasteiger charge is 2.31. The molecule has 0 aliphatic carbocycles. The second-order valence-corrected chi connectivity index (χ2v) is 6.94. The highest BCUT2D eigenvalue weighted by atomic mass is 35.5. The number of hydrogen-bond donors (Lipinski definition) is 2. The zero-order chi connectivity index (χ0) is 20.9. The third-order valence-corrected chi connectivity index (χ3v) is 4.51. The zero-order valence-corrected chi connectivity index (χ0v) is 16.6. The number of carbonyl (C=O) groups excluding carboxylic acids is 2. The number of ether oxygens (including phenoxy) is 1. The Kier molecular flexibility index (Phi) is 7.70. The molecule has 1 aromatic carbocycles. The number of carbonyl (C=O) groups is 2. The lowest BCUT2D eigenvalue weighted by Gasteiger charge is -2.23. The first-order chi connectivity index (χ1) is 12.4. The molecule has 1 atom stereocenters. The van der Waals surface area contributed by atoms with Gasteiger partial charge in [-0.1, -0.05) is 0 Å². The Morgan fingerprint density at radius 2 is 2.04 bits per heavy atom. The van der Waals surface area contributed by atoms with Crippen molar-refractivity contribution in [1.29, 1.82) is 0 Å². The SMILES string of the molecule is CC(C)(N)C(=O)Cl.CCN1C(=O)C(N)CCc2c1ccc([N+](=O)[O-])c2OC. The number of amides is 1. The molecule has 1 aliphatic rings. The lowest BCUT2D eigenvalue weighted by molar-refractivity contribution is -0.385. The molecule has 0 radical (unpaired) electrons. The van der Waals surface area contributed by atoms with E-state index in [0.29, 0.717) is 30.6 Å². The van der Waals surface area contributed by atoms with Gasteiger partial charge in [0.1, 0.15) is 0 Å². The summed E-state index contributed by atoms with van der Waals surface area (Å²) in [6.07, 6.45) is 0.920. The van der Waals surface area contributed by atoms with Crippen LogP contribution >= 0.6 is 11.6 Å². The van der Waals surface area contributed by atoms with E-state index in [0.717, 1.165) is 0 Å². The molecule has 1 heterocycles. The number of methoxy groups -OCH3 is 1. The van der Waals surface area contributed by atoms with E-state index in [9.17, 15) is 19.7 Å². The summed E-state index contributed by atoms with van der Waals surface area (Å²) in [5, 5.41) is 10.5. The molecule has 1 aromatic rings. The summed E-state index contributed by atoms with van der Waals surface area (Å²) < 4.78 is 5.20. The first kappa shape index (κ1) is 22.8. The highest BCUT2D eigenvalue weighted by Crippen LogP contribution is 2.40. The fraction of sp³-hybridized carbons (Fsp3) is 0.529. The van der Waals surface area contributed by atoms with Gasteiger partial charge in [0.05, 0.1) is 29.3 Å². The molecule has 2 rings (SSSR count). The number of likely N-dealkylation sites (N-methyl/N-ethyl adjacent to an activating group) is 1. The molecule has 1 amide bonds. The average molecular weight is 401 g/mol. The third kappa shape index (κ3) is 5.38. The molecule has 0 saturated carbocycles. The molecular formula is C17H25ClN4O5. The molecule has 0 saturated heterocycles. The molecule has 4 N–H and O–H groups in total. The minimum absolute atomic E-state index is 0.0924. The smallest absolute Gasteiger partial charge is 0.311 e. The van der Waals surface area contributed by atoms with Gasteiger partial charge in [-0.3, -0.25) is 19.7 Å². The number of rotatable bonds is 4. The minimum atomic E-state index is -0.873. The summed E-state index contributed by atoms with van der Waals surface area (Å²) >= 11 is 4.99. The zero-order valence-electron chi connectivity index (χ0n) is 15.8. The van der Waals surface area contributed by atoms with Crippen LogP contribution in [0.15, 0.2) is 12.1 Å². The summed E-state index contributed by atoms with van der Waals surface area (Å²) in [5.41, 5.74) is 11.4. The Hall–Kier alpha value is -2.23. The van der Waals surface area contributed by atoms with E-state index in [1.54, 1.807) is 24.8 Å². The number of nitrogens with two attached hydrogens (primary N) is 2. The number of benzene rings is 1. The number of fused-ring (bicyclic) bond motifs is 1. The van der Waals surface area contributed by atoms with Crippen LogP contribution < -0.4 is 21.1 Å². The van der Waals surface area contributed by atoms with Gasteiger partial charge in [0.2, 0.25) is 16.9 Å². The summed E-state index contributed by atoms with van der Waals surface area (Å²) in [6.45, 7) is 5.42.